The van der Waals surface area contributed by atoms with Crippen molar-refractivity contribution in [3.8, 4) is 0 Å². The van der Waals surface area contributed by atoms with Crippen molar-refractivity contribution in [1.29, 1.82) is 0 Å². The van der Waals surface area contributed by atoms with Crippen LogP contribution in [0.1, 0.15) is 38.7 Å². The minimum Gasteiger partial charge on any atom is -0.464 e. The molecule has 0 saturated heterocycles. The molecular weight excluding hydrogens is 376 g/mol. The summed E-state index contributed by atoms with van der Waals surface area (Å²) in [5.41, 5.74) is 7.25. The number of nitrogens with one attached hydrogen (secondary N) is 2. The Morgan fingerprint density at radius 3 is 2.73 bits per heavy atom. The Labute approximate surface area is 175 Å². The van der Waals surface area contributed by atoms with Crippen LogP contribution in [-0.4, -0.2) is 11.8 Å². The van der Waals surface area contributed by atoms with Gasteiger partial charge in [0.2, 0.25) is 11.8 Å². The lowest BCUT2D eigenvalue weighted by atomic mass is 9.68. The summed E-state index contributed by atoms with van der Waals surface area (Å²) < 4.78 is 5.66. The van der Waals surface area contributed by atoms with E-state index in [1.54, 1.807) is 6.26 Å². The fraction of sp³-hybridized carbons (Fsp3) is 0.360. The molecule has 3 aromatic rings. The minimum absolute atomic E-state index is 0.0314. The highest BCUT2D eigenvalue weighted by Crippen LogP contribution is 2.65. The number of carbonyl (C=O) groups excluding carboxylic acids is 2. The van der Waals surface area contributed by atoms with Gasteiger partial charge in [-0.2, -0.15) is 0 Å². The van der Waals surface area contributed by atoms with Gasteiger partial charge in [-0.25, -0.2) is 0 Å². The van der Waals surface area contributed by atoms with Crippen molar-refractivity contribution in [2.45, 2.75) is 39.5 Å². The van der Waals surface area contributed by atoms with Crippen molar-refractivity contribution >= 4 is 33.6 Å². The van der Waals surface area contributed by atoms with Crippen molar-refractivity contribution in [2.75, 3.05) is 0 Å². The molecule has 2 N–H and O–H groups in total. The number of furan rings is 1. The van der Waals surface area contributed by atoms with Gasteiger partial charge in [0.1, 0.15) is 5.58 Å². The highest BCUT2D eigenvalue weighted by molar-refractivity contribution is 6.08. The normalized spacial score (nSPS) is 24.5. The zero-order chi connectivity index (χ0) is 21.1. The van der Waals surface area contributed by atoms with Crippen LogP contribution in [0.2, 0.25) is 0 Å². The van der Waals surface area contributed by atoms with E-state index < -0.39 is 5.41 Å². The van der Waals surface area contributed by atoms with Gasteiger partial charge >= 0.3 is 0 Å². The SMILES string of the molecule is C=C1C2(C(=O)NNC(=O)Cc3coc4ccc5ccccc5c34)CCC(C2)C1(C)C. The number of rotatable bonds is 3. The van der Waals surface area contributed by atoms with Crippen LogP contribution in [0, 0.1) is 16.7 Å². The Morgan fingerprint density at radius 1 is 1.17 bits per heavy atom. The predicted octanol–water partition coefficient (Wildman–Crippen LogP) is 4.66. The first-order valence-corrected chi connectivity index (χ1v) is 10.5. The maximum atomic E-state index is 13.0. The summed E-state index contributed by atoms with van der Waals surface area (Å²) in [6.45, 7) is 8.58. The lowest BCUT2D eigenvalue weighted by molar-refractivity contribution is -0.133. The largest absolute Gasteiger partial charge is 0.464 e. The van der Waals surface area contributed by atoms with Gasteiger partial charge in [-0.05, 0) is 47.4 Å². The second-order valence-electron chi connectivity index (χ2n) is 9.32. The van der Waals surface area contributed by atoms with Gasteiger partial charge in [-0.15, -0.1) is 0 Å². The average Bonchev–Trinajstić information content (AvgIpc) is 3.41. The van der Waals surface area contributed by atoms with Crippen molar-refractivity contribution < 1.29 is 14.0 Å². The topological polar surface area (TPSA) is 71.3 Å². The maximum Gasteiger partial charge on any atom is 0.248 e. The molecule has 2 bridgehead atoms. The summed E-state index contributed by atoms with van der Waals surface area (Å²) >= 11 is 0. The van der Waals surface area contributed by atoms with Crippen molar-refractivity contribution in [1.82, 2.24) is 10.9 Å². The Hall–Kier alpha value is -3.08. The van der Waals surface area contributed by atoms with Gasteiger partial charge < -0.3 is 4.42 Å². The molecule has 0 aliphatic heterocycles. The first kappa shape index (κ1) is 18.9. The summed E-state index contributed by atoms with van der Waals surface area (Å²) in [4.78, 5) is 25.6. The number of hydrazine groups is 1. The second kappa shape index (κ2) is 6.46. The lowest BCUT2D eigenvalue weighted by Crippen LogP contribution is -2.49. The van der Waals surface area contributed by atoms with E-state index in [0.29, 0.717) is 5.92 Å². The first-order chi connectivity index (χ1) is 14.3. The van der Waals surface area contributed by atoms with Crippen LogP contribution in [0.25, 0.3) is 21.7 Å². The molecule has 5 rings (SSSR count). The van der Waals surface area contributed by atoms with E-state index in [1.807, 2.05) is 36.4 Å². The van der Waals surface area contributed by atoms with Crippen LogP contribution in [0.5, 0.6) is 0 Å². The Balaban J connectivity index is 1.31. The third kappa shape index (κ3) is 2.61. The fourth-order valence-electron chi connectivity index (χ4n) is 5.61. The van der Waals surface area contributed by atoms with E-state index in [4.69, 9.17) is 4.42 Å². The van der Waals surface area contributed by atoms with E-state index in [0.717, 1.165) is 52.1 Å². The van der Waals surface area contributed by atoms with Crippen LogP contribution in [0.15, 0.2) is 59.2 Å². The number of carbonyl (C=O) groups is 2. The zero-order valence-electron chi connectivity index (χ0n) is 17.4. The van der Waals surface area contributed by atoms with Crippen molar-refractivity contribution in [3.05, 3.63) is 60.4 Å². The minimum atomic E-state index is -0.556. The lowest BCUT2D eigenvalue weighted by Gasteiger charge is -2.37. The Kier molecular flexibility index (Phi) is 4.07. The van der Waals surface area contributed by atoms with Gasteiger partial charge in [-0.3, -0.25) is 20.4 Å². The summed E-state index contributed by atoms with van der Waals surface area (Å²) in [5.74, 6) is 0.0706. The average molecular weight is 402 g/mol. The molecule has 2 unspecified atom stereocenters. The summed E-state index contributed by atoms with van der Waals surface area (Å²) in [7, 11) is 0. The van der Waals surface area contributed by atoms with Crippen molar-refractivity contribution in [2.24, 2.45) is 16.7 Å². The Bertz CT molecular complexity index is 1210. The summed E-state index contributed by atoms with van der Waals surface area (Å²) in [6.07, 6.45) is 4.41. The molecular formula is C25H26N2O3. The summed E-state index contributed by atoms with van der Waals surface area (Å²) in [5, 5.41) is 3.09. The third-order valence-electron chi connectivity index (χ3n) is 7.53. The molecule has 1 aromatic heterocycles. The molecule has 5 nitrogen and oxygen atoms in total. The number of benzene rings is 2. The Morgan fingerprint density at radius 2 is 1.97 bits per heavy atom. The molecule has 0 radical (unpaired) electrons. The molecule has 5 heteroatoms. The number of fused-ring (bicyclic) bond motifs is 5. The number of hydrogen-bond donors (Lipinski definition) is 2. The third-order valence-corrected chi connectivity index (χ3v) is 7.53. The molecule has 30 heavy (non-hydrogen) atoms. The summed E-state index contributed by atoms with van der Waals surface area (Å²) in [6, 6.07) is 12.0. The van der Waals surface area contributed by atoms with Gasteiger partial charge in [0.25, 0.3) is 0 Å². The monoisotopic (exact) mass is 402 g/mol. The molecule has 2 amide bonds. The van der Waals surface area contributed by atoms with E-state index in [9.17, 15) is 9.59 Å². The van der Waals surface area contributed by atoms with Crippen LogP contribution in [0.4, 0.5) is 0 Å². The second-order valence-corrected chi connectivity index (χ2v) is 9.32. The van der Waals surface area contributed by atoms with Gasteiger partial charge in [-0.1, -0.05) is 56.3 Å². The van der Waals surface area contributed by atoms with Crippen LogP contribution in [0.3, 0.4) is 0 Å². The fourth-order valence-corrected chi connectivity index (χ4v) is 5.61. The van der Waals surface area contributed by atoms with Crippen LogP contribution >= 0.6 is 0 Å². The van der Waals surface area contributed by atoms with E-state index in [-0.39, 0.29) is 23.7 Å². The molecule has 2 aromatic carbocycles. The van der Waals surface area contributed by atoms with Gasteiger partial charge in [0.15, 0.2) is 0 Å². The quantitative estimate of drug-likeness (QED) is 0.494. The molecule has 2 saturated carbocycles. The van der Waals surface area contributed by atoms with Gasteiger partial charge in [0.05, 0.1) is 18.1 Å². The number of amides is 2. The standard InChI is InChI=1S/C25H26N2O3/c1-15-24(2,3)18-10-11-25(15,13-18)23(29)27-26-21(28)12-17-14-30-20-9-8-16-6-4-5-7-19(16)22(17)20/h4-9,14,18H,1,10-13H2,2-3H3,(H,26,28)(H,27,29). The molecule has 2 aliphatic carbocycles. The maximum absolute atomic E-state index is 13.0. The molecule has 2 atom stereocenters. The van der Waals surface area contributed by atoms with E-state index in [2.05, 4.69) is 31.3 Å². The highest BCUT2D eigenvalue weighted by atomic mass is 16.3. The van der Waals surface area contributed by atoms with E-state index >= 15 is 0 Å². The zero-order valence-corrected chi connectivity index (χ0v) is 17.4. The van der Waals surface area contributed by atoms with Gasteiger partial charge in [0, 0.05) is 10.9 Å². The molecule has 2 fully saturated rings. The van der Waals surface area contributed by atoms with Crippen LogP contribution in [-0.2, 0) is 16.0 Å². The van der Waals surface area contributed by atoms with Crippen molar-refractivity contribution in [3.63, 3.8) is 0 Å². The smallest absolute Gasteiger partial charge is 0.248 e. The first-order valence-electron chi connectivity index (χ1n) is 10.5. The number of hydrogen-bond acceptors (Lipinski definition) is 3. The highest BCUT2D eigenvalue weighted by Gasteiger charge is 2.60. The molecule has 2 aliphatic rings. The van der Waals surface area contributed by atoms with E-state index in [1.165, 1.54) is 0 Å². The van der Waals surface area contributed by atoms with Crippen LogP contribution < -0.4 is 10.9 Å². The molecule has 154 valence electrons. The predicted molar refractivity (Wildman–Crippen MR) is 116 cm³/mol. The molecule has 0 spiro atoms. The molecule has 1 heterocycles.